The Bertz CT molecular complexity index is 1220. The highest BCUT2D eigenvalue weighted by Crippen LogP contribution is 2.27. The largest absolute Gasteiger partial charge is 0.481 e. The van der Waals surface area contributed by atoms with Gasteiger partial charge in [0, 0.05) is 15.7 Å². The first-order valence-corrected chi connectivity index (χ1v) is 11.9. The molecule has 3 aromatic rings. The van der Waals surface area contributed by atoms with E-state index in [0.29, 0.717) is 27.2 Å². The van der Waals surface area contributed by atoms with Gasteiger partial charge in [0.15, 0.2) is 6.10 Å². The second kappa shape index (κ2) is 9.81. The Kier molecular flexibility index (Phi) is 7.33. The molecule has 0 heterocycles. The molecule has 0 aromatic heterocycles. The molecule has 0 spiro atoms. The zero-order chi connectivity index (χ0) is 23.5. The summed E-state index contributed by atoms with van der Waals surface area (Å²) in [7, 11) is -3.80. The molecule has 1 atom stereocenters. The van der Waals surface area contributed by atoms with Crippen molar-refractivity contribution in [2.24, 2.45) is 0 Å². The molecule has 0 radical (unpaired) electrons. The average Bonchev–Trinajstić information content (AvgIpc) is 2.72. The zero-order valence-corrected chi connectivity index (χ0v) is 20.0. The summed E-state index contributed by atoms with van der Waals surface area (Å²) < 4.78 is 33.3. The van der Waals surface area contributed by atoms with Crippen LogP contribution in [0.5, 0.6) is 5.75 Å². The number of sulfonamides is 1. The summed E-state index contributed by atoms with van der Waals surface area (Å²) in [5.41, 5.74) is 2.51. The quantitative estimate of drug-likeness (QED) is 0.435. The van der Waals surface area contributed by atoms with Crippen LogP contribution in [0.15, 0.2) is 65.6 Å². The highest BCUT2D eigenvalue weighted by atomic mass is 35.5. The van der Waals surface area contributed by atoms with E-state index >= 15 is 0 Å². The fourth-order valence-electron chi connectivity index (χ4n) is 2.96. The molecule has 6 nitrogen and oxygen atoms in total. The molecule has 3 aromatic carbocycles. The standard InChI is InChI=1S/C23H22Cl2N2O4S/c1-14-11-20(12-15(2)22(14)25)31-16(3)23(28)26-18-7-9-21(10-8-18)32(29,30)27-19-6-4-5-17(24)13-19/h4-13,16,27H,1-3H3,(H,26,28)/t16-/m0/s1. The Hall–Kier alpha value is -2.74. The molecule has 2 N–H and O–H groups in total. The lowest BCUT2D eigenvalue weighted by Crippen LogP contribution is -2.30. The van der Waals surface area contributed by atoms with Crippen LogP contribution < -0.4 is 14.8 Å². The normalized spacial score (nSPS) is 12.2. The Labute approximate surface area is 197 Å². The molecule has 0 unspecified atom stereocenters. The van der Waals surface area contributed by atoms with Crippen molar-refractivity contribution in [1.29, 1.82) is 0 Å². The Morgan fingerprint density at radius 3 is 2.16 bits per heavy atom. The van der Waals surface area contributed by atoms with Gasteiger partial charge in [0.25, 0.3) is 15.9 Å². The van der Waals surface area contributed by atoms with E-state index in [9.17, 15) is 13.2 Å². The second-order valence-electron chi connectivity index (χ2n) is 7.26. The SMILES string of the molecule is Cc1cc(O[C@@H](C)C(=O)Nc2ccc(S(=O)(=O)Nc3cccc(Cl)c3)cc2)cc(C)c1Cl. The first-order valence-electron chi connectivity index (χ1n) is 9.68. The highest BCUT2D eigenvalue weighted by Gasteiger charge is 2.18. The van der Waals surface area contributed by atoms with Crippen LogP contribution in [0.2, 0.25) is 10.0 Å². The predicted octanol–water partition coefficient (Wildman–Crippen LogP) is 5.82. The molecule has 0 aliphatic rings. The van der Waals surface area contributed by atoms with Gasteiger partial charge in [-0.3, -0.25) is 9.52 Å². The summed E-state index contributed by atoms with van der Waals surface area (Å²) in [5.74, 6) is 0.170. The van der Waals surface area contributed by atoms with Crippen molar-refractivity contribution in [2.75, 3.05) is 10.0 Å². The van der Waals surface area contributed by atoms with Crippen molar-refractivity contribution >= 4 is 50.5 Å². The van der Waals surface area contributed by atoms with E-state index < -0.39 is 16.1 Å². The van der Waals surface area contributed by atoms with E-state index in [2.05, 4.69) is 10.0 Å². The number of ether oxygens (including phenoxy) is 1. The van der Waals surface area contributed by atoms with Crippen molar-refractivity contribution in [3.63, 3.8) is 0 Å². The molecule has 1 amide bonds. The fourth-order valence-corrected chi connectivity index (χ4v) is 4.31. The first kappa shape index (κ1) is 23.9. The number of anilines is 2. The number of carbonyl (C=O) groups excluding carboxylic acids is 1. The molecular weight excluding hydrogens is 471 g/mol. The molecule has 168 valence electrons. The topological polar surface area (TPSA) is 84.5 Å². The number of amides is 1. The Morgan fingerprint density at radius 2 is 1.56 bits per heavy atom. The van der Waals surface area contributed by atoms with Crippen LogP contribution in [0.3, 0.4) is 0 Å². The number of nitrogens with one attached hydrogen (secondary N) is 2. The van der Waals surface area contributed by atoms with E-state index in [4.69, 9.17) is 27.9 Å². The maximum Gasteiger partial charge on any atom is 0.265 e. The van der Waals surface area contributed by atoms with Crippen molar-refractivity contribution < 1.29 is 17.9 Å². The molecule has 0 saturated carbocycles. The number of halogens is 2. The van der Waals surface area contributed by atoms with Crippen LogP contribution in [0, 0.1) is 13.8 Å². The number of hydrogen-bond acceptors (Lipinski definition) is 4. The van der Waals surface area contributed by atoms with E-state index in [1.807, 2.05) is 13.8 Å². The van der Waals surface area contributed by atoms with Crippen LogP contribution in [0.1, 0.15) is 18.1 Å². The van der Waals surface area contributed by atoms with Gasteiger partial charge in [-0.2, -0.15) is 0 Å². The van der Waals surface area contributed by atoms with Crippen molar-refractivity contribution in [3.05, 3.63) is 81.8 Å². The third-order valence-electron chi connectivity index (χ3n) is 4.60. The van der Waals surface area contributed by atoms with Crippen LogP contribution in [-0.2, 0) is 14.8 Å². The number of aryl methyl sites for hydroxylation is 2. The molecule has 0 aliphatic carbocycles. The van der Waals surface area contributed by atoms with Gasteiger partial charge in [0.1, 0.15) is 5.75 Å². The molecule has 9 heteroatoms. The third-order valence-corrected chi connectivity index (χ3v) is 6.83. The fraction of sp³-hybridized carbons (Fsp3) is 0.174. The van der Waals surface area contributed by atoms with Crippen molar-refractivity contribution in [1.82, 2.24) is 0 Å². The van der Waals surface area contributed by atoms with E-state index in [0.717, 1.165) is 11.1 Å². The number of benzene rings is 3. The molecule has 3 rings (SSSR count). The van der Waals surface area contributed by atoms with E-state index in [-0.39, 0.29) is 10.8 Å². The minimum Gasteiger partial charge on any atom is -0.481 e. The zero-order valence-electron chi connectivity index (χ0n) is 17.6. The number of hydrogen-bond donors (Lipinski definition) is 2. The smallest absolute Gasteiger partial charge is 0.265 e. The average molecular weight is 493 g/mol. The first-order chi connectivity index (χ1) is 15.0. The molecular formula is C23H22Cl2N2O4S. The molecule has 0 bridgehead atoms. The molecule has 0 aliphatic heterocycles. The van der Waals surface area contributed by atoms with Crippen LogP contribution in [0.4, 0.5) is 11.4 Å². The van der Waals surface area contributed by atoms with Gasteiger partial charge in [0.05, 0.1) is 10.6 Å². The number of rotatable bonds is 7. The molecule has 0 fully saturated rings. The lowest BCUT2D eigenvalue weighted by atomic mass is 10.1. The van der Waals surface area contributed by atoms with Crippen LogP contribution in [0.25, 0.3) is 0 Å². The summed E-state index contributed by atoms with van der Waals surface area (Å²) >= 11 is 12.1. The van der Waals surface area contributed by atoms with Gasteiger partial charge < -0.3 is 10.1 Å². The van der Waals surface area contributed by atoms with Gasteiger partial charge in [-0.05, 0) is 86.5 Å². The Balaban J connectivity index is 1.65. The summed E-state index contributed by atoms with van der Waals surface area (Å²) in [6.45, 7) is 5.36. The van der Waals surface area contributed by atoms with E-state index in [1.54, 1.807) is 37.3 Å². The summed E-state index contributed by atoms with van der Waals surface area (Å²) in [6.07, 6.45) is -0.775. The molecule has 32 heavy (non-hydrogen) atoms. The van der Waals surface area contributed by atoms with Gasteiger partial charge >= 0.3 is 0 Å². The van der Waals surface area contributed by atoms with Crippen LogP contribution >= 0.6 is 23.2 Å². The second-order valence-corrected chi connectivity index (χ2v) is 9.76. The summed E-state index contributed by atoms with van der Waals surface area (Å²) in [5, 5.41) is 3.80. The Morgan fingerprint density at radius 1 is 0.938 bits per heavy atom. The summed E-state index contributed by atoms with van der Waals surface area (Å²) in [6, 6.07) is 15.8. The lowest BCUT2D eigenvalue weighted by Gasteiger charge is -2.16. The molecule has 0 saturated heterocycles. The monoisotopic (exact) mass is 492 g/mol. The van der Waals surface area contributed by atoms with Gasteiger partial charge in [0.2, 0.25) is 0 Å². The van der Waals surface area contributed by atoms with Gasteiger partial charge in [-0.1, -0.05) is 29.3 Å². The van der Waals surface area contributed by atoms with Crippen LogP contribution in [-0.4, -0.2) is 20.4 Å². The van der Waals surface area contributed by atoms with Gasteiger partial charge in [-0.25, -0.2) is 8.42 Å². The number of carbonyl (C=O) groups is 1. The van der Waals surface area contributed by atoms with Crippen molar-refractivity contribution in [2.45, 2.75) is 31.8 Å². The third kappa shape index (κ3) is 5.94. The minimum absolute atomic E-state index is 0.0480. The maximum absolute atomic E-state index is 12.6. The summed E-state index contributed by atoms with van der Waals surface area (Å²) in [4.78, 5) is 12.6. The van der Waals surface area contributed by atoms with Gasteiger partial charge in [-0.15, -0.1) is 0 Å². The van der Waals surface area contributed by atoms with Crippen molar-refractivity contribution in [3.8, 4) is 5.75 Å². The predicted molar refractivity (Wildman–Crippen MR) is 128 cm³/mol. The highest BCUT2D eigenvalue weighted by molar-refractivity contribution is 7.92. The maximum atomic E-state index is 12.6. The lowest BCUT2D eigenvalue weighted by molar-refractivity contribution is -0.122. The van der Waals surface area contributed by atoms with E-state index in [1.165, 1.54) is 30.3 Å². The minimum atomic E-state index is -3.80.